The molecular weight excluding hydrogens is 366 g/mol. The average molecular weight is 380 g/mol. The van der Waals surface area contributed by atoms with Crippen LogP contribution >= 0.6 is 11.6 Å². The van der Waals surface area contributed by atoms with Gasteiger partial charge >= 0.3 is 0 Å². The van der Waals surface area contributed by atoms with Gasteiger partial charge in [0.2, 0.25) is 0 Å². The fraction of sp³-hybridized carbons (Fsp3) is 0.0476. The molecule has 0 bridgehead atoms. The van der Waals surface area contributed by atoms with Crippen molar-refractivity contribution in [1.29, 1.82) is 0 Å². The summed E-state index contributed by atoms with van der Waals surface area (Å²) in [5.74, 6) is 0. The third-order valence-corrected chi connectivity index (χ3v) is 6.93. The number of nitrogens with zero attached hydrogens (tertiary/aromatic N) is 1. The van der Waals surface area contributed by atoms with Gasteiger partial charge in [-0.15, -0.1) is 0 Å². The summed E-state index contributed by atoms with van der Waals surface area (Å²) in [6.07, 6.45) is 0.692. The standard InChI is InChI=1S/C21H14ClNO2S/c22-15-11-10-14-12-19-17-8-4-5-9-20(17)26(24,25)23(21(19)18(14)13-15)16-6-2-1-3-7-16/h1-11,13H,12H2. The van der Waals surface area contributed by atoms with Gasteiger partial charge in [0, 0.05) is 22.6 Å². The van der Waals surface area contributed by atoms with Gasteiger partial charge in [-0.05, 0) is 41.5 Å². The van der Waals surface area contributed by atoms with E-state index in [-0.39, 0.29) is 0 Å². The number of fused-ring (bicyclic) bond motifs is 4. The molecule has 0 fully saturated rings. The molecule has 0 unspecified atom stereocenters. The second-order valence-electron chi connectivity index (χ2n) is 6.41. The van der Waals surface area contributed by atoms with Gasteiger partial charge in [-0.2, -0.15) is 0 Å². The van der Waals surface area contributed by atoms with E-state index in [0.29, 0.717) is 27.7 Å². The molecule has 0 saturated carbocycles. The summed E-state index contributed by atoms with van der Waals surface area (Å²) in [6, 6.07) is 22.1. The smallest absolute Gasteiger partial charge is 0.234 e. The van der Waals surface area contributed by atoms with Gasteiger partial charge in [-0.3, -0.25) is 0 Å². The van der Waals surface area contributed by atoms with Crippen molar-refractivity contribution in [3.63, 3.8) is 0 Å². The first-order valence-electron chi connectivity index (χ1n) is 8.29. The van der Waals surface area contributed by atoms with E-state index in [9.17, 15) is 8.42 Å². The van der Waals surface area contributed by atoms with E-state index >= 15 is 0 Å². The Morgan fingerprint density at radius 2 is 1.58 bits per heavy atom. The lowest BCUT2D eigenvalue weighted by Gasteiger charge is -2.32. The Kier molecular flexibility index (Phi) is 3.30. The molecule has 0 atom stereocenters. The molecule has 0 saturated heterocycles. The van der Waals surface area contributed by atoms with Gasteiger partial charge in [0.15, 0.2) is 0 Å². The van der Waals surface area contributed by atoms with Crippen molar-refractivity contribution < 1.29 is 8.42 Å². The molecule has 0 radical (unpaired) electrons. The maximum atomic E-state index is 13.5. The van der Waals surface area contributed by atoms with Crippen LogP contribution in [0.15, 0.2) is 77.7 Å². The second kappa shape index (κ2) is 5.47. The fourth-order valence-electron chi connectivity index (χ4n) is 3.81. The van der Waals surface area contributed by atoms with Crippen molar-refractivity contribution in [2.24, 2.45) is 0 Å². The van der Waals surface area contributed by atoms with Crippen LogP contribution in [-0.4, -0.2) is 8.42 Å². The predicted molar refractivity (Wildman–Crippen MR) is 105 cm³/mol. The Morgan fingerprint density at radius 3 is 2.38 bits per heavy atom. The number of benzene rings is 3. The molecule has 5 rings (SSSR count). The monoisotopic (exact) mass is 379 g/mol. The van der Waals surface area contributed by atoms with Crippen LogP contribution < -0.4 is 4.31 Å². The molecule has 0 spiro atoms. The van der Waals surface area contributed by atoms with E-state index in [0.717, 1.165) is 22.3 Å². The van der Waals surface area contributed by atoms with Crippen LogP contribution in [0.25, 0.3) is 11.3 Å². The fourth-order valence-corrected chi connectivity index (χ4v) is 5.74. The van der Waals surface area contributed by atoms with Crippen LogP contribution in [0.5, 0.6) is 0 Å². The molecule has 1 aliphatic carbocycles. The summed E-state index contributed by atoms with van der Waals surface area (Å²) >= 11 is 6.23. The summed E-state index contributed by atoms with van der Waals surface area (Å²) in [5.41, 5.74) is 5.12. The van der Waals surface area contributed by atoms with E-state index in [2.05, 4.69) is 0 Å². The topological polar surface area (TPSA) is 37.4 Å². The molecule has 1 heterocycles. The number of anilines is 1. The Labute approximate surface area is 157 Å². The van der Waals surface area contributed by atoms with E-state index in [1.165, 1.54) is 4.31 Å². The lowest BCUT2D eigenvalue weighted by atomic mass is 10.0. The van der Waals surface area contributed by atoms with Gasteiger partial charge in [-0.1, -0.05) is 54.1 Å². The second-order valence-corrected chi connectivity index (χ2v) is 8.60. The molecule has 3 nitrogen and oxygen atoms in total. The number of hydrogen-bond acceptors (Lipinski definition) is 2. The number of rotatable bonds is 1. The molecule has 0 aromatic heterocycles. The van der Waals surface area contributed by atoms with E-state index in [4.69, 9.17) is 11.6 Å². The average Bonchev–Trinajstić information content (AvgIpc) is 3.01. The lowest BCUT2D eigenvalue weighted by Crippen LogP contribution is -2.33. The molecule has 5 heteroatoms. The molecule has 0 N–H and O–H groups in total. The highest BCUT2D eigenvalue weighted by Crippen LogP contribution is 2.49. The molecule has 3 aromatic carbocycles. The summed E-state index contributed by atoms with van der Waals surface area (Å²) < 4.78 is 28.5. The summed E-state index contributed by atoms with van der Waals surface area (Å²) in [5, 5.41) is 0.599. The van der Waals surface area contributed by atoms with E-state index < -0.39 is 10.0 Å². The van der Waals surface area contributed by atoms with Gasteiger partial charge in [0.25, 0.3) is 10.0 Å². The summed E-state index contributed by atoms with van der Waals surface area (Å²) in [7, 11) is -3.71. The number of halogens is 1. The minimum atomic E-state index is -3.71. The molecular formula is C21H14ClNO2S. The lowest BCUT2D eigenvalue weighted by molar-refractivity contribution is 0.595. The first-order chi connectivity index (χ1) is 12.6. The van der Waals surface area contributed by atoms with Crippen molar-refractivity contribution >= 4 is 38.6 Å². The molecule has 26 heavy (non-hydrogen) atoms. The zero-order valence-electron chi connectivity index (χ0n) is 13.7. The Balaban J connectivity index is 1.89. The predicted octanol–water partition coefficient (Wildman–Crippen LogP) is 4.97. The van der Waals surface area contributed by atoms with Crippen LogP contribution in [0.3, 0.4) is 0 Å². The Hall–Kier alpha value is -2.56. The SMILES string of the molecule is O=S1(=O)c2ccccc2C2=C(c3cc(Cl)ccc3C2)N1c1ccccc1. The largest absolute Gasteiger partial charge is 0.269 e. The van der Waals surface area contributed by atoms with E-state index in [1.807, 2.05) is 60.7 Å². The highest BCUT2D eigenvalue weighted by molar-refractivity contribution is 7.93. The third-order valence-electron chi connectivity index (χ3n) is 4.90. The quantitative estimate of drug-likeness (QED) is 0.598. The molecule has 0 amide bonds. The minimum absolute atomic E-state index is 0.349. The van der Waals surface area contributed by atoms with Crippen molar-refractivity contribution in [3.05, 3.63) is 94.5 Å². The third kappa shape index (κ3) is 2.09. The van der Waals surface area contributed by atoms with Crippen LogP contribution in [0, 0.1) is 0 Å². The Bertz CT molecular complexity index is 1180. The minimum Gasteiger partial charge on any atom is -0.234 e. The van der Waals surface area contributed by atoms with Crippen molar-refractivity contribution in [2.45, 2.75) is 11.3 Å². The molecule has 2 aliphatic rings. The zero-order valence-corrected chi connectivity index (χ0v) is 15.3. The van der Waals surface area contributed by atoms with Gasteiger partial charge < -0.3 is 0 Å². The van der Waals surface area contributed by atoms with Crippen molar-refractivity contribution in [2.75, 3.05) is 4.31 Å². The first-order valence-corrected chi connectivity index (χ1v) is 10.1. The molecule has 3 aromatic rings. The van der Waals surface area contributed by atoms with Crippen molar-refractivity contribution in [3.8, 4) is 0 Å². The maximum absolute atomic E-state index is 13.5. The molecule has 128 valence electrons. The van der Waals surface area contributed by atoms with Crippen LogP contribution in [0.1, 0.15) is 16.7 Å². The van der Waals surface area contributed by atoms with Crippen LogP contribution in [0.4, 0.5) is 5.69 Å². The number of hydrogen-bond donors (Lipinski definition) is 0. The van der Waals surface area contributed by atoms with Gasteiger partial charge in [0.1, 0.15) is 0 Å². The van der Waals surface area contributed by atoms with Crippen LogP contribution in [0.2, 0.25) is 5.02 Å². The summed E-state index contributed by atoms with van der Waals surface area (Å²) in [6.45, 7) is 0. The number of allylic oxidation sites excluding steroid dienone is 1. The highest BCUT2D eigenvalue weighted by Gasteiger charge is 2.41. The number of sulfonamides is 1. The van der Waals surface area contributed by atoms with Crippen molar-refractivity contribution in [1.82, 2.24) is 0 Å². The maximum Gasteiger partial charge on any atom is 0.269 e. The van der Waals surface area contributed by atoms with E-state index in [1.54, 1.807) is 12.1 Å². The first kappa shape index (κ1) is 15.7. The van der Waals surface area contributed by atoms with Gasteiger partial charge in [0.05, 0.1) is 16.3 Å². The normalized spacial score (nSPS) is 16.9. The van der Waals surface area contributed by atoms with Gasteiger partial charge in [-0.25, -0.2) is 12.7 Å². The Morgan fingerprint density at radius 1 is 0.846 bits per heavy atom. The molecule has 1 aliphatic heterocycles. The highest BCUT2D eigenvalue weighted by atomic mass is 35.5. The summed E-state index contributed by atoms with van der Waals surface area (Å²) in [4.78, 5) is 0.349. The zero-order chi connectivity index (χ0) is 17.9. The number of para-hydroxylation sites is 1. The van der Waals surface area contributed by atoms with Crippen LogP contribution in [-0.2, 0) is 16.4 Å².